The van der Waals surface area contributed by atoms with Gasteiger partial charge in [-0.05, 0) is 68.0 Å². The van der Waals surface area contributed by atoms with Crippen molar-refractivity contribution in [2.24, 2.45) is 29.6 Å². The molecule has 72 heavy (non-hydrogen) atoms. The van der Waals surface area contributed by atoms with Gasteiger partial charge in [0.15, 0.2) is 5.79 Å². The molecule has 0 N–H and O–H groups in total. The van der Waals surface area contributed by atoms with Gasteiger partial charge in [-0.1, -0.05) is 48.5 Å². The van der Waals surface area contributed by atoms with E-state index in [2.05, 4.69) is 169 Å². The van der Waals surface area contributed by atoms with E-state index >= 15 is 4.79 Å². The zero-order chi connectivity index (χ0) is 54.9. The molecule has 0 radical (unpaired) electrons. The van der Waals surface area contributed by atoms with Crippen LogP contribution in [0.4, 0.5) is 0 Å². The van der Waals surface area contributed by atoms with Crippen LogP contribution in [0, 0.1) is 29.6 Å². The summed E-state index contributed by atoms with van der Waals surface area (Å²) in [5.41, 5.74) is 3.81. The number of hydrogen-bond donors (Lipinski definition) is 0. The van der Waals surface area contributed by atoms with E-state index in [4.69, 9.17) is 27.8 Å². The third kappa shape index (κ3) is 18.6. The summed E-state index contributed by atoms with van der Waals surface area (Å²) in [6.45, 7) is 50.9. The average Bonchev–Trinajstić information content (AvgIpc) is 3.30. The molecule has 424 valence electrons. The second kappa shape index (κ2) is 31.7. The summed E-state index contributed by atoms with van der Waals surface area (Å²) < 4.78 is 48.6. The maximum atomic E-state index is 15.0. The van der Waals surface area contributed by atoms with Crippen LogP contribution >= 0.6 is 0 Å². The molecule has 0 aromatic carbocycles. The molecule has 0 aromatic heterocycles. The number of Topliss-reactive ketones (excluding diaryl/α,β-unsaturated/α-hetero) is 1. The molecule has 0 unspecified atom stereocenters. The van der Waals surface area contributed by atoms with Crippen molar-refractivity contribution < 1.29 is 32.6 Å². The van der Waals surface area contributed by atoms with Crippen molar-refractivity contribution in [3.05, 3.63) is 21.8 Å². The van der Waals surface area contributed by atoms with Crippen LogP contribution in [0.2, 0.25) is 46.6 Å². The molecule has 1 saturated heterocycles. The van der Waals surface area contributed by atoms with Gasteiger partial charge in [-0.2, -0.15) is 0 Å². The van der Waals surface area contributed by atoms with Gasteiger partial charge in [-0.3, -0.25) is 0 Å². The zero-order valence-electron chi connectivity index (χ0n) is 52.0. The number of allylic oxidation sites excluding steroid dienone is 1. The molecule has 2 rings (SSSR count). The third-order valence-corrected chi connectivity index (χ3v) is 44.7. The van der Waals surface area contributed by atoms with Crippen molar-refractivity contribution in [2.75, 3.05) is 14.2 Å². The van der Waals surface area contributed by atoms with Gasteiger partial charge in [0.1, 0.15) is 0 Å². The summed E-state index contributed by atoms with van der Waals surface area (Å²) in [4.78, 5) is 15.0. The first-order valence-corrected chi connectivity index (χ1v) is 42.2. The van der Waals surface area contributed by atoms with E-state index in [9.17, 15) is 0 Å². The first-order valence-electron chi connectivity index (χ1n) is 30.3. The summed E-state index contributed by atoms with van der Waals surface area (Å²) in [6.07, 6.45) is 17.9. The van der Waals surface area contributed by atoms with Gasteiger partial charge in [0, 0.05) is 13.5 Å². The van der Waals surface area contributed by atoms with Crippen molar-refractivity contribution in [3.8, 4) is 0 Å². The van der Waals surface area contributed by atoms with E-state index in [0.29, 0.717) is 51.0 Å². The van der Waals surface area contributed by atoms with Gasteiger partial charge in [0.25, 0.3) is 0 Å². The van der Waals surface area contributed by atoms with Crippen LogP contribution in [0.25, 0.3) is 0 Å². The average molecular weight is 1150 g/mol. The molecule has 0 amide bonds. The second-order valence-corrected chi connectivity index (χ2v) is 50.2. The molecular formula is C62H122O7Si2Sn. The fourth-order valence-electron chi connectivity index (χ4n) is 14.5. The number of rotatable bonds is 34. The third-order valence-electron chi connectivity index (χ3n) is 18.4. The molecule has 1 heterocycles. The normalized spacial score (nSPS) is 24.5. The number of methoxy groups -OCH3 is 2. The number of carbonyl (C=O) groups is 1. The van der Waals surface area contributed by atoms with Crippen molar-refractivity contribution in [2.45, 2.75) is 318 Å². The van der Waals surface area contributed by atoms with E-state index in [1.165, 1.54) is 51.8 Å². The molecule has 0 bridgehead atoms. The maximum absolute atomic E-state index is 15.0. The Bertz CT molecular complexity index is 1530. The summed E-state index contributed by atoms with van der Waals surface area (Å²) in [6, 6.07) is 0. The van der Waals surface area contributed by atoms with Crippen LogP contribution in [0.3, 0.4) is 0 Å². The van der Waals surface area contributed by atoms with E-state index in [-0.39, 0.29) is 42.0 Å². The van der Waals surface area contributed by atoms with Gasteiger partial charge in [0.2, 0.25) is 8.32 Å². The fourth-order valence-corrected chi connectivity index (χ4v) is 40.4. The summed E-state index contributed by atoms with van der Waals surface area (Å²) >= 11 is -2.46. The van der Waals surface area contributed by atoms with Gasteiger partial charge in [0.05, 0.1) is 18.3 Å². The number of unbranched alkanes of at least 4 members (excludes halogenated alkanes) is 3. The van der Waals surface area contributed by atoms with E-state index in [1.54, 1.807) is 7.11 Å². The van der Waals surface area contributed by atoms with Crippen LogP contribution in [0.15, 0.2) is 21.8 Å². The van der Waals surface area contributed by atoms with Crippen LogP contribution in [-0.4, -0.2) is 97.4 Å². The Morgan fingerprint density at radius 2 is 1.15 bits per heavy atom. The second-order valence-electron chi connectivity index (χ2n) is 26.4. The minimum absolute atomic E-state index is 0.0520. The van der Waals surface area contributed by atoms with Crippen LogP contribution in [0.1, 0.15) is 229 Å². The van der Waals surface area contributed by atoms with Gasteiger partial charge >= 0.3 is 276 Å². The minimum atomic E-state index is -2.46. The number of ether oxygens (including phenoxy) is 4. The van der Waals surface area contributed by atoms with Gasteiger partial charge in [-0.25, -0.2) is 0 Å². The standard InChI is InChI=1S/C50H95O7Si2.3C4H9.Sn/c1-23-37(14)26-40(17)47(51)49(53-22)48(57-59(34(8)9,35(10)11)36(12)13)41(18)27-38(15)44-30-45(55-50(19,20)54-44)39(16)28-42-24-25-43(46(29-42)52-21)56-58(31(2)3,32(4)5)33(6)7;3*1-3-4-2;/h1,23,27,31-40,42-46,48-49H,24-26,28-30H2,2-22H3;3*1,3-4H2,2H3;/b23-1?,41-27+;;;;/t37-,38-,39-,40-,42+,43-,44-,45+,46-,48-,49+;;;;/m1..../s1. The molecule has 1 saturated carbocycles. The fraction of sp³-hybridized carbons (Fsp3) is 0.919. The van der Waals surface area contributed by atoms with E-state index in [1.807, 2.05) is 7.11 Å². The molecule has 1 aliphatic heterocycles. The molecule has 2 fully saturated rings. The molecule has 0 aromatic rings. The summed E-state index contributed by atoms with van der Waals surface area (Å²) in [5, 5.41) is 0. The molecular weight excluding hydrogens is 1030 g/mol. The molecule has 1 aliphatic carbocycles. The van der Waals surface area contributed by atoms with Gasteiger partial charge < -0.3 is 18.6 Å². The zero-order valence-corrected chi connectivity index (χ0v) is 56.9. The topological polar surface area (TPSA) is 72.5 Å². The summed E-state index contributed by atoms with van der Waals surface area (Å²) in [5.74, 6) is 0.578. The summed E-state index contributed by atoms with van der Waals surface area (Å²) in [7, 11) is -0.862. The predicted molar refractivity (Wildman–Crippen MR) is 318 cm³/mol. The van der Waals surface area contributed by atoms with E-state index in [0.717, 1.165) is 44.1 Å². The van der Waals surface area contributed by atoms with Crippen molar-refractivity contribution in [1.29, 1.82) is 0 Å². The predicted octanol–water partition coefficient (Wildman–Crippen LogP) is 18.6. The molecule has 2 aliphatic rings. The molecule has 11 atom stereocenters. The van der Waals surface area contributed by atoms with E-state index < -0.39 is 53.0 Å². The van der Waals surface area contributed by atoms with Crippen molar-refractivity contribution >= 4 is 40.8 Å². The van der Waals surface area contributed by atoms with Crippen molar-refractivity contribution in [3.63, 3.8) is 0 Å². The van der Waals surface area contributed by atoms with Crippen LogP contribution in [-0.2, 0) is 32.6 Å². The van der Waals surface area contributed by atoms with Crippen molar-refractivity contribution in [1.82, 2.24) is 0 Å². The molecule has 0 spiro atoms. The number of ketones is 1. The molecule has 7 nitrogen and oxygen atoms in total. The monoisotopic (exact) mass is 1150 g/mol. The Morgan fingerprint density at radius 1 is 0.667 bits per heavy atom. The Hall–Kier alpha value is 0.142. The number of hydrogen-bond acceptors (Lipinski definition) is 7. The molecule has 10 heteroatoms. The Labute approximate surface area is 454 Å². The first-order chi connectivity index (χ1) is 33.6. The number of carbonyl (C=O) groups excluding carboxylic acids is 1. The Balaban J connectivity index is 2.47. The van der Waals surface area contributed by atoms with Crippen LogP contribution in [0.5, 0.6) is 0 Å². The Morgan fingerprint density at radius 3 is 1.60 bits per heavy atom. The Kier molecular flexibility index (Phi) is 30.0. The first kappa shape index (κ1) is 68.3. The quantitative estimate of drug-likeness (QED) is 0.0469. The van der Waals surface area contributed by atoms with Gasteiger partial charge in [-0.15, -0.1) is 0 Å². The van der Waals surface area contributed by atoms with Crippen LogP contribution < -0.4 is 0 Å². The SMILES string of the molecule is CCC[CH2][Sn](/[CH]=C/[C@@H](C)C[C@@H](C)C(=O)[C@H](OC)[C@H](O[Si](C(C)C)(C(C)C)C(C)C)/C(C)=C/[C@@H](C)[C@H]1C[C@@H]([C@H](C)C[C@@H]2CC[C@@H](O[Si](C(C)C)(C(C)C)C(C)C)[C@H](OC)C2)OC(C)(C)O1)([CH2]CCC)[CH2]CCC.